The zero-order valence-electron chi connectivity index (χ0n) is 14.3. The zero-order valence-corrected chi connectivity index (χ0v) is 14.3. The lowest BCUT2D eigenvalue weighted by atomic mass is 10.0. The molecule has 0 radical (unpaired) electrons. The van der Waals surface area contributed by atoms with E-state index in [1.54, 1.807) is 24.0 Å². The smallest absolute Gasteiger partial charge is 0.253 e. The Labute approximate surface area is 147 Å². The summed E-state index contributed by atoms with van der Waals surface area (Å²) in [6.07, 6.45) is 0.795. The number of phenolic OH excluding ortho intramolecular Hbond substituents is 1. The molecule has 2 aromatic carbocycles. The van der Waals surface area contributed by atoms with Gasteiger partial charge in [0.15, 0.2) is 0 Å². The largest absolute Gasteiger partial charge is 0.508 e. The molecule has 0 aliphatic carbocycles. The van der Waals surface area contributed by atoms with E-state index in [9.17, 15) is 14.7 Å². The molecule has 0 unspecified atom stereocenters. The number of hydrogen-bond acceptors (Lipinski definition) is 3. The Hall–Kier alpha value is -2.82. The van der Waals surface area contributed by atoms with E-state index in [0.29, 0.717) is 31.7 Å². The quantitative estimate of drug-likeness (QED) is 0.916. The van der Waals surface area contributed by atoms with Crippen LogP contribution in [0.2, 0.25) is 0 Å². The Kier molecular flexibility index (Phi) is 5.03. The van der Waals surface area contributed by atoms with Crippen LogP contribution in [-0.4, -0.2) is 52.9 Å². The first kappa shape index (κ1) is 17.0. The van der Waals surface area contributed by atoms with Gasteiger partial charge in [0.05, 0.1) is 0 Å². The van der Waals surface area contributed by atoms with Crippen molar-refractivity contribution in [1.29, 1.82) is 0 Å². The van der Waals surface area contributed by atoms with E-state index in [4.69, 9.17) is 0 Å². The predicted octanol–water partition coefficient (Wildman–Crippen LogP) is 2.75. The SMILES string of the molecule is CC(=O)N1CCCN(C(=O)c2cccc(-c3ccc(O)cc3)c2)CC1. The van der Waals surface area contributed by atoms with Crippen LogP contribution >= 0.6 is 0 Å². The summed E-state index contributed by atoms with van der Waals surface area (Å²) in [5.74, 6) is 0.269. The zero-order chi connectivity index (χ0) is 17.8. The molecular weight excluding hydrogens is 316 g/mol. The maximum atomic E-state index is 12.8. The third-order valence-electron chi connectivity index (χ3n) is 4.54. The Morgan fingerprint density at radius 2 is 1.56 bits per heavy atom. The topological polar surface area (TPSA) is 60.9 Å². The van der Waals surface area contributed by atoms with Crippen LogP contribution in [0.15, 0.2) is 48.5 Å². The van der Waals surface area contributed by atoms with Crippen molar-refractivity contribution in [2.24, 2.45) is 0 Å². The van der Waals surface area contributed by atoms with E-state index in [-0.39, 0.29) is 17.6 Å². The molecule has 1 fully saturated rings. The van der Waals surface area contributed by atoms with E-state index < -0.39 is 0 Å². The molecule has 25 heavy (non-hydrogen) atoms. The molecule has 5 heteroatoms. The van der Waals surface area contributed by atoms with Gasteiger partial charge in [0.1, 0.15) is 5.75 Å². The monoisotopic (exact) mass is 338 g/mol. The second kappa shape index (κ2) is 7.38. The van der Waals surface area contributed by atoms with Crippen molar-refractivity contribution >= 4 is 11.8 Å². The molecule has 1 aliphatic rings. The number of amides is 2. The molecule has 5 nitrogen and oxygen atoms in total. The third kappa shape index (κ3) is 3.99. The normalized spacial score (nSPS) is 14.9. The molecule has 0 aromatic heterocycles. The highest BCUT2D eigenvalue weighted by atomic mass is 16.3. The van der Waals surface area contributed by atoms with Crippen LogP contribution in [-0.2, 0) is 4.79 Å². The van der Waals surface area contributed by atoms with Crippen molar-refractivity contribution in [3.05, 3.63) is 54.1 Å². The van der Waals surface area contributed by atoms with Gasteiger partial charge < -0.3 is 14.9 Å². The van der Waals surface area contributed by atoms with E-state index in [2.05, 4.69) is 0 Å². The minimum absolute atomic E-state index is 0.00831. The number of rotatable bonds is 2. The fourth-order valence-electron chi connectivity index (χ4n) is 3.10. The summed E-state index contributed by atoms with van der Waals surface area (Å²) in [5, 5.41) is 9.41. The lowest BCUT2D eigenvalue weighted by molar-refractivity contribution is -0.128. The summed E-state index contributed by atoms with van der Waals surface area (Å²) in [4.78, 5) is 28.0. The molecule has 2 aromatic rings. The molecule has 2 amide bonds. The van der Waals surface area contributed by atoms with E-state index in [1.165, 1.54) is 0 Å². The summed E-state index contributed by atoms with van der Waals surface area (Å²) < 4.78 is 0. The highest BCUT2D eigenvalue weighted by Gasteiger charge is 2.21. The van der Waals surface area contributed by atoms with Gasteiger partial charge in [0.25, 0.3) is 5.91 Å². The van der Waals surface area contributed by atoms with Gasteiger partial charge in [0, 0.05) is 38.7 Å². The molecule has 1 saturated heterocycles. The third-order valence-corrected chi connectivity index (χ3v) is 4.54. The first-order valence-corrected chi connectivity index (χ1v) is 8.49. The standard InChI is InChI=1S/C20H22N2O3/c1-15(23)21-10-3-11-22(13-12-21)20(25)18-5-2-4-17(14-18)16-6-8-19(24)9-7-16/h2,4-9,14,24H,3,10-13H2,1H3. The lowest BCUT2D eigenvalue weighted by Gasteiger charge is -2.21. The fraction of sp³-hybridized carbons (Fsp3) is 0.300. The number of aromatic hydroxyl groups is 1. The minimum atomic E-state index is -0.00831. The Bertz CT molecular complexity index is 771. The van der Waals surface area contributed by atoms with Crippen molar-refractivity contribution in [2.75, 3.05) is 26.2 Å². The maximum absolute atomic E-state index is 12.8. The van der Waals surface area contributed by atoms with Crippen LogP contribution < -0.4 is 0 Å². The first-order valence-electron chi connectivity index (χ1n) is 8.49. The molecule has 0 saturated carbocycles. The lowest BCUT2D eigenvalue weighted by Crippen LogP contribution is -2.36. The van der Waals surface area contributed by atoms with Crippen LogP contribution in [0.25, 0.3) is 11.1 Å². The van der Waals surface area contributed by atoms with Crippen molar-refractivity contribution < 1.29 is 14.7 Å². The molecule has 0 atom stereocenters. The van der Waals surface area contributed by atoms with Crippen molar-refractivity contribution in [3.8, 4) is 16.9 Å². The number of carbonyl (C=O) groups excluding carboxylic acids is 2. The number of benzene rings is 2. The summed E-state index contributed by atoms with van der Waals surface area (Å²) >= 11 is 0. The summed E-state index contributed by atoms with van der Waals surface area (Å²) in [5.41, 5.74) is 2.53. The first-order chi connectivity index (χ1) is 12.0. The molecule has 0 spiro atoms. The van der Waals surface area contributed by atoms with Gasteiger partial charge in [-0.3, -0.25) is 9.59 Å². The fourth-order valence-corrected chi connectivity index (χ4v) is 3.10. The molecule has 1 N–H and O–H groups in total. The highest BCUT2D eigenvalue weighted by molar-refractivity contribution is 5.95. The second-order valence-corrected chi connectivity index (χ2v) is 6.28. The van der Waals surface area contributed by atoms with Gasteiger partial charge in [-0.1, -0.05) is 24.3 Å². The second-order valence-electron chi connectivity index (χ2n) is 6.28. The van der Waals surface area contributed by atoms with Gasteiger partial charge >= 0.3 is 0 Å². The van der Waals surface area contributed by atoms with Crippen LogP contribution in [0, 0.1) is 0 Å². The summed E-state index contributed by atoms with van der Waals surface area (Å²) in [6.45, 7) is 4.07. The minimum Gasteiger partial charge on any atom is -0.508 e. The van der Waals surface area contributed by atoms with Crippen LogP contribution in [0.4, 0.5) is 0 Å². The number of nitrogens with zero attached hydrogens (tertiary/aromatic N) is 2. The Morgan fingerprint density at radius 1 is 0.880 bits per heavy atom. The van der Waals surface area contributed by atoms with E-state index in [1.807, 2.05) is 41.3 Å². The Morgan fingerprint density at radius 3 is 2.28 bits per heavy atom. The van der Waals surface area contributed by atoms with Crippen molar-refractivity contribution in [3.63, 3.8) is 0 Å². The van der Waals surface area contributed by atoms with Gasteiger partial charge in [-0.2, -0.15) is 0 Å². The average Bonchev–Trinajstić information content (AvgIpc) is 2.88. The number of hydrogen-bond donors (Lipinski definition) is 1. The Balaban J connectivity index is 1.77. The summed E-state index contributed by atoms with van der Waals surface area (Å²) in [7, 11) is 0. The van der Waals surface area contributed by atoms with E-state index >= 15 is 0 Å². The average molecular weight is 338 g/mol. The molecule has 1 heterocycles. The molecule has 1 aliphatic heterocycles. The van der Waals surface area contributed by atoms with Gasteiger partial charge in [-0.05, 0) is 41.8 Å². The molecule has 0 bridgehead atoms. The number of phenols is 1. The van der Waals surface area contributed by atoms with Crippen LogP contribution in [0.1, 0.15) is 23.7 Å². The van der Waals surface area contributed by atoms with Crippen molar-refractivity contribution in [2.45, 2.75) is 13.3 Å². The number of carbonyl (C=O) groups is 2. The highest BCUT2D eigenvalue weighted by Crippen LogP contribution is 2.23. The van der Waals surface area contributed by atoms with Gasteiger partial charge in [-0.25, -0.2) is 0 Å². The van der Waals surface area contributed by atoms with Crippen LogP contribution in [0.3, 0.4) is 0 Å². The molecule has 130 valence electrons. The summed E-state index contributed by atoms with van der Waals surface area (Å²) in [6, 6.07) is 14.4. The van der Waals surface area contributed by atoms with Gasteiger partial charge in [0.2, 0.25) is 5.91 Å². The van der Waals surface area contributed by atoms with Gasteiger partial charge in [-0.15, -0.1) is 0 Å². The predicted molar refractivity (Wildman–Crippen MR) is 96.3 cm³/mol. The molecule has 3 rings (SSSR count). The van der Waals surface area contributed by atoms with Crippen molar-refractivity contribution in [1.82, 2.24) is 9.80 Å². The van der Waals surface area contributed by atoms with E-state index in [0.717, 1.165) is 17.5 Å². The molecular formula is C20H22N2O3. The maximum Gasteiger partial charge on any atom is 0.253 e. The van der Waals surface area contributed by atoms with Crippen LogP contribution in [0.5, 0.6) is 5.75 Å².